The SMILES string of the molecule is CC(O)[C@H](CN1CCC(O)CC1)c1ccc(Cl)c(F)c1. The summed E-state index contributed by atoms with van der Waals surface area (Å²) in [4.78, 5) is 2.20. The van der Waals surface area contributed by atoms with E-state index in [1.807, 2.05) is 0 Å². The van der Waals surface area contributed by atoms with Crippen LogP contribution in [0.15, 0.2) is 18.2 Å². The molecule has 1 saturated heterocycles. The Morgan fingerprint density at radius 3 is 2.60 bits per heavy atom. The van der Waals surface area contributed by atoms with E-state index in [9.17, 15) is 14.6 Å². The van der Waals surface area contributed by atoms with Gasteiger partial charge in [-0.3, -0.25) is 0 Å². The van der Waals surface area contributed by atoms with Gasteiger partial charge in [0, 0.05) is 25.6 Å². The van der Waals surface area contributed by atoms with Gasteiger partial charge >= 0.3 is 0 Å². The minimum Gasteiger partial charge on any atom is -0.393 e. The topological polar surface area (TPSA) is 43.7 Å². The third-order valence-corrected chi connectivity index (χ3v) is 4.27. The van der Waals surface area contributed by atoms with Crippen LogP contribution in [0.1, 0.15) is 31.2 Å². The first-order valence-electron chi connectivity index (χ1n) is 7.01. The zero-order valence-electron chi connectivity index (χ0n) is 11.6. The molecule has 1 aromatic rings. The largest absolute Gasteiger partial charge is 0.393 e. The molecular weight excluding hydrogens is 281 g/mol. The van der Waals surface area contributed by atoms with Crippen molar-refractivity contribution in [3.63, 3.8) is 0 Å². The van der Waals surface area contributed by atoms with Crippen molar-refractivity contribution in [2.45, 2.75) is 37.9 Å². The Morgan fingerprint density at radius 2 is 2.05 bits per heavy atom. The first kappa shape index (κ1) is 15.7. The molecule has 1 heterocycles. The molecule has 1 aliphatic heterocycles. The van der Waals surface area contributed by atoms with Crippen LogP contribution in [0.3, 0.4) is 0 Å². The maximum Gasteiger partial charge on any atom is 0.142 e. The minimum atomic E-state index is -0.567. The number of aliphatic hydroxyl groups is 2. The van der Waals surface area contributed by atoms with Crippen molar-refractivity contribution in [2.75, 3.05) is 19.6 Å². The van der Waals surface area contributed by atoms with Crippen LogP contribution in [0, 0.1) is 5.82 Å². The van der Waals surface area contributed by atoms with Crippen LogP contribution in [0.25, 0.3) is 0 Å². The average Bonchev–Trinajstić information content (AvgIpc) is 2.41. The molecule has 0 spiro atoms. The van der Waals surface area contributed by atoms with Crippen molar-refractivity contribution in [2.24, 2.45) is 0 Å². The molecule has 1 unspecified atom stereocenters. The molecule has 1 fully saturated rings. The molecule has 0 saturated carbocycles. The zero-order valence-corrected chi connectivity index (χ0v) is 12.4. The van der Waals surface area contributed by atoms with Crippen LogP contribution in [0.2, 0.25) is 5.02 Å². The normalized spacial score (nSPS) is 20.9. The summed E-state index contributed by atoms with van der Waals surface area (Å²) in [6, 6.07) is 4.70. The van der Waals surface area contributed by atoms with E-state index in [1.54, 1.807) is 13.0 Å². The first-order valence-corrected chi connectivity index (χ1v) is 7.38. The lowest BCUT2D eigenvalue weighted by Crippen LogP contribution is -2.40. The van der Waals surface area contributed by atoms with E-state index in [4.69, 9.17) is 11.6 Å². The average molecular weight is 302 g/mol. The summed E-state index contributed by atoms with van der Waals surface area (Å²) in [7, 11) is 0. The highest BCUT2D eigenvalue weighted by Gasteiger charge is 2.24. The molecule has 20 heavy (non-hydrogen) atoms. The molecule has 112 valence electrons. The fraction of sp³-hybridized carbons (Fsp3) is 0.600. The van der Waals surface area contributed by atoms with Gasteiger partial charge in [-0.05, 0) is 37.5 Å². The molecule has 0 aliphatic carbocycles. The van der Waals surface area contributed by atoms with Gasteiger partial charge in [0.1, 0.15) is 5.82 Å². The van der Waals surface area contributed by atoms with E-state index in [-0.39, 0.29) is 17.0 Å². The third-order valence-electron chi connectivity index (χ3n) is 3.97. The summed E-state index contributed by atoms with van der Waals surface area (Å²) in [6.07, 6.45) is 0.717. The molecule has 2 atom stereocenters. The molecule has 3 nitrogen and oxygen atoms in total. The lowest BCUT2D eigenvalue weighted by molar-refractivity contribution is 0.0658. The number of hydrogen-bond acceptors (Lipinski definition) is 3. The number of aliphatic hydroxyl groups excluding tert-OH is 2. The molecule has 0 radical (unpaired) electrons. The van der Waals surface area contributed by atoms with E-state index in [0.29, 0.717) is 6.54 Å². The molecule has 2 N–H and O–H groups in total. The van der Waals surface area contributed by atoms with Crippen LogP contribution in [0.5, 0.6) is 0 Å². The van der Waals surface area contributed by atoms with Crippen molar-refractivity contribution in [1.82, 2.24) is 4.90 Å². The lowest BCUT2D eigenvalue weighted by Gasteiger charge is -2.33. The second kappa shape index (κ2) is 6.85. The Balaban J connectivity index is 2.08. The maximum atomic E-state index is 13.6. The second-order valence-corrected chi connectivity index (χ2v) is 5.96. The zero-order chi connectivity index (χ0) is 14.7. The summed E-state index contributed by atoms with van der Waals surface area (Å²) in [5.41, 5.74) is 0.757. The van der Waals surface area contributed by atoms with Crippen molar-refractivity contribution >= 4 is 11.6 Å². The lowest BCUT2D eigenvalue weighted by atomic mass is 9.92. The Morgan fingerprint density at radius 1 is 1.40 bits per heavy atom. The summed E-state index contributed by atoms with van der Waals surface area (Å²) in [5.74, 6) is -0.610. The monoisotopic (exact) mass is 301 g/mol. The fourth-order valence-corrected chi connectivity index (χ4v) is 2.78. The number of nitrogens with zero attached hydrogens (tertiary/aromatic N) is 1. The van der Waals surface area contributed by atoms with Crippen molar-refractivity contribution in [3.05, 3.63) is 34.6 Å². The van der Waals surface area contributed by atoms with Crippen molar-refractivity contribution in [1.29, 1.82) is 0 Å². The Bertz CT molecular complexity index is 447. The quantitative estimate of drug-likeness (QED) is 0.897. The van der Waals surface area contributed by atoms with Crippen LogP contribution in [-0.2, 0) is 0 Å². The van der Waals surface area contributed by atoms with E-state index < -0.39 is 11.9 Å². The fourth-order valence-electron chi connectivity index (χ4n) is 2.66. The molecule has 0 amide bonds. The van der Waals surface area contributed by atoms with Crippen LogP contribution in [-0.4, -0.2) is 47.0 Å². The van der Waals surface area contributed by atoms with Gasteiger partial charge in [-0.1, -0.05) is 17.7 Å². The molecule has 1 aliphatic rings. The number of halogens is 2. The summed E-state index contributed by atoms with van der Waals surface area (Å²) in [5, 5.41) is 19.6. The minimum absolute atomic E-state index is 0.0965. The Kier molecular flexibility index (Phi) is 5.38. The number of hydrogen-bond donors (Lipinski definition) is 2. The standard InChI is InChI=1S/C15H21ClFNO2/c1-10(19)13(9-18-6-4-12(20)5-7-18)11-2-3-14(16)15(17)8-11/h2-3,8,10,12-13,19-20H,4-7,9H2,1H3/t10?,13-/m0/s1. The number of piperidine rings is 1. The molecule has 0 bridgehead atoms. The van der Waals surface area contributed by atoms with E-state index in [2.05, 4.69) is 4.90 Å². The highest BCUT2D eigenvalue weighted by Crippen LogP contribution is 2.26. The predicted molar refractivity (Wildman–Crippen MR) is 77.5 cm³/mol. The molecule has 0 aromatic heterocycles. The Labute approximate surface area is 124 Å². The highest BCUT2D eigenvalue weighted by atomic mass is 35.5. The van der Waals surface area contributed by atoms with E-state index >= 15 is 0 Å². The van der Waals surface area contributed by atoms with E-state index in [0.717, 1.165) is 31.5 Å². The second-order valence-electron chi connectivity index (χ2n) is 5.55. The van der Waals surface area contributed by atoms with Gasteiger partial charge in [0.15, 0.2) is 0 Å². The summed E-state index contributed by atoms with van der Waals surface area (Å²) in [6.45, 7) is 3.99. The van der Waals surface area contributed by atoms with Crippen LogP contribution in [0.4, 0.5) is 4.39 Å². The van der Waals surface area contributed by atoms with Gasteiger partial charge in [-0.2, -0.15) is 0 Å². The first-order chi connectivity index (χ1) is 9.47. The van der Waals surface area contributed by atoms with Crippen molar-refractivity contribution in [3.8, 4) is 0 Å². The van der Waals surface area contributed by atoms with Gasteiger partial charge in [0.25, 0.3) is 0 Å². The Hall–Kier alpha value is -0.680. The van der Waals surface area contributed by atoms with Gasteiger partial charge < -0.3 is 15.1 Å². The number of likely N-dealkylation sites (tertiary alicyclic amines) is 1. The van der Waals surface area contributed by atoms with Gasteiger partial charge in [0.05, 0.1) is 17.2 Å². The molecule has 5 heteroatoms. The van der Waals surface area contributed by atoms with Gasteiger partial charge in [-0.15, -0.1) is 0 Å². The van der Waals surface area contributed by atoms with Crippen molar-refractivity contribution < 1.29 is 14.6 Å². The molecule has 2 rings (SSSR count). The van der Waals surface area contributed by atoms with Gasteiger partial charge in [0.2, 0.25) is 0 Å². The number of benzene rings is 1. The summed E-state index contributed by atoms with van der Waals surface area (Å²) < 4.78 is 13.6. The van der Waals surface area contributed by atoms with Crippen LogP contribution >= 0.6 is 11.6 Å². The highest BCUT2D eigenvalue weighted by molar-refractivity contribution is 6.30. The van der Waals surface area contributed by atoms with E-state index in [1.165, 1.54) is 12.1 Å². The molecule has 1 aromatic carbocycles. The van der Waals surface area contributed by atoms with Crippen LogP contribution < -0.4 is 0 Å². The maximum absolute atomic E-state index is 13.6. The third kappa shape index (κ3) is 3.92. The smallest absolute Gasteiger partial charge is 0.142 e. The van der Waals surface area contributed by atoms with Gasteiger partial charge in [-0.25, -0.2) is 4.39 Å². The predicted octanol–water partition coefficient (Wildman–Crippen LogP) is 2.40. The number of rotatable bonds is 4. The molecular formula is C15H21ClFNO2. The summed E-state index contributed by atoms with van der Waals surface area (Å²) >= 11 is 5.70.